The largest absolute Gasteiger partial charge is 0.478 e. The van der Waals surface area contributed by atoms with E-state index in [1.807, 2.05) is 0 Å². The molecule has 5 heteroatoms. The molecule has 1 aromatic heterocycles. The fraction of sp³-hybridized carbons (Fsp3) is 0.400. The normalized spacial score (nSPS) is 15.7. The van der Waals surface area contributed by atoms with E-state index in [0.717, 1.165) is 19.3 Å². The molecule has 0 unspecified atom stereocenters. The van der Waals surface area contributed by atoms with Crippen LogP contribution in [0.5, 0.6) is 5.88 Å². The second-order valence-corrected chi connectivity index (χ2v) is 3.55. The van der Waals surface area contributed by atoms with Gasteiger partial charge in [0.15, 0.2) is 0 Å². The topological polar surface area (TPSA) is 85.4 Å². The van der Waals surface area contributed by atoms with Crippen LogP contribution in [0, 0.1) is 0 Å². The third kappa shape index (κ3) is 1.86. The number of carboxylic acid groups (broad SMARTS) is 1. The van der Waals surface area contributed by atoms with Crippen molar-refractivity contribution < 1.29 is 14.6 Å². The van der Waals surface area contributed by atoms with Crippen LogP contribution < -0.4 is 10.5 Å². The zero-order valence-electron chi connectivity index (χ0n) is 8.14. The molecular weight excluding hydrogens is 196 g/mol. The molecule has 1 heterocycles. The van der Waals surface area contributed by atoms with Gasteiger partial charge in [-0.1, -0.05) is 0 Å². The lowest BCUT2D eigenvalue weighted by atomic mass is 9.96. The van der Waals surface area contributed by atoms with Gasteiger partial charge >= 0.3 is 5.97 Å². The molecule has 0 saturated heterocycles. The molecule has 5 nitrogen and oxygen atoms in total. The van der Waals surface area contributed by atoms with Gasteiger partial charge < -0.3 is 15.6 Å². The Morgan fingerprint density at radius 1 is 1.60 bits per heavy atom. The second-order valence-electron chi connectivity index (χ2n) is 3.55. The first-order valence-corrected chi connectivity index (χ1v) is 4.83. The summed E-state index contributed by atoms with van der Waals surface area (Å²) in [6, 6.07) is 1.37. The van der Waals surface area contributed by atoms with E-state index < -0.39 is 5.97 Å². The number of carbonyl (C=O) groups is 1. The molecule has 0 bridgehead atoms. The Labute approximate surface area is 86.9 Å². The number of ether oxygens (including phenoxy) is 1. The molecule has 1 saturated carbocycles. The monoisotopic (exact) mass is 208 g/mol. The molecule has 1 aromatic rings. The third-order valence-electron chi connectivity index (χ3n) is 2.51. The van der Waals surface area contributed by atoms with Crippen molar-refractivity contribution in [2.24, 2.45) is 0 Å². The lowest BCUT2D eigenvalue weighted by Crippen LogP contribution is -2.25. The summed E-state index contributed by atoms with van der Waals surface area (Å²) in [7, 11) is 0. The smallest absolute Gasteiger partial charge is 0.338 e. The molecule has 80 valence electrons. The van der Waals surface area contributed by atoms with Crippen LogP contribution in [0.1, 0.15) is 29.6 Å². The molecule has 2 rings (SSSR count). The Bertz CT molecular complexity index is 388. The summed E-state index contributed by atoms with van der Waals surface area (Å²) in [6.07, 6.45) is 4.65. The third-order valence-corrected chi connectivity index (χ3v) is 2.51. The van der Waals surface area contributed by atoms with Crippen LogP contribution in [0.15, 0.2) is 12.3 Å². The van der Waals surface area contributed by atoms with Gasteiger partial charge in [-0.15, -0.1) is 0 Å². The quantitative estimate of drug-likeness (QED) is 0.781. The lowest BCUT2D eigenvalue weighted by molar-refractivity contribution is 0.0695. The van der Waals surface area contributed by atoms with Crippen molar-refractivity contribution in [3.05, 3.63) is 17.8 Å². The summed E-state index contributed by atoms with van der Waals surface area (Å²) < 4.78 is 5.47. The van der Waals surface area contributed by atoms with Crippen molar-refractivity contribution in [1.29, 1.82) is 0 Å². The van der Waals surface area contributed by atoms with E-state index in [4.69, 9.17) is 15.6 Å². The maximum Gasteiger partial charge on any atom is 0.338 e. The number of anilines is 1. The molecule has 15 heavy (non-hydrogen) atoms. The van der Waals surface area contributed by atoms with Gasteiger partial charge in [-0.25, -0.2) is 9.78 Å². The van der Waals surface area contributed by atoms with Crippen LogP contribution in [-0.2, 0) is 0 Å². The molecule has 3 N–H and O–H groups in total. The number of rotatable bonds is 3. The minimum absolute atomic E-state index is 0.0410. The second kappa shape index (κ2) is 3.76. The highest BCUT2D eigenvalue weighted by Gasteiger charge is 2.22. The van der Waals surface area contributed by atoms with Crippen LogP contribution in [0.25, 0.3) is 0 Å². The predicted molar refractivity (Wildman–Crippen MR) is 53.9 cm³/mol. The highest BCUT2D eigenvalue weighted by atomic mass is 16.5. The van der Waals surface area contributed by atoms with E-state index >= 15 is 0 Å². The number of nitrogen functional groups attached to an aromatic ring is 1. The standard InChI is InChI=1S/C10H12N2O3/c11-8-7(10(13)14)4-5-12-9(8)15-6-2-1-3-6/h4-6H,1-3,11H2,(H,13,14). The van der Waals surface area contributed by atoms with E-state index in [2.05, 4.69) is 4.98 Å². The van der Waals surface area contributed by atoms with E-state index in [9.17, 15) is 4.79 Å². The number of aromatic nitrogens is 1. The molecule has 0 spiro atoms. The van der Waals surface area contributed by atoms with Crippen molar-refractivity contribution in [1.82, 2.24) is 4.98 Å². The molecule has 0 aromatic carbocycles. The number of pyridine rings is 1. The Morgan fingerprint density at radius 2 is 2.33 bits per heavy atom. The number of nitrogens with zero attached hydrogens (tertiary/aromatic N) is 1. The summed E-state index contributed by atoms with van der Waals surface area (Å²) in [4.78, 5) is 14.7. The Kier molecular flexibility index (Phi) is 2.45. The van der Waals surface area contributed by atoms with Crippen molar-refractivity contribution >= 4 is 11.7 Å². The number of carboxylic acids is 1. The summed E-state index contributed by atoms with van der Waals surface area (Å²) in [6.45, 7) is 0. The average molecular weight is 208 g/mol. The van der Waals surface area contributed by atoms with Gasteiger partial charge in [0.2, 0.25) is 5.88 Å². The molecule has 0 amide bonds. The lowest BCUT2D eigenvalue weighted by Gasteiger charge is -2.26. The zero-order valence-corrected chi connectivity index (χ0v) is 8.14. The first-order valence-electron chi connectivity index (χ1n) is 4.83. The van der Waals surface area contributed by atoms with Gasteiger partial charge in [0.05, 0.1) is 5.56 Å². The Morgan fingerprint density at radius 3 is 2.87 bits per heavy atom. The maximum atomic E-state index is 10.8. The molecule has 1 fully saturated rings. The van der Waals surface area contributed by atoms with Gasteiger partial charge in [0, 0.05) is 6.20 Å². The number of hydrogen-bond donors (Lipinski definition) is 2. The van der Waals surface area contributed by atoms with Gasteiger partial charge in [-0.05, 0) is 25.3 Å². The van der Waals surface area contributed by atoms with Crippen molar-refractivity contribution in [2.75, 3.05) is 5.73 Å². The maximum absolute atomic E-state index is 10.8. The van der Waals surface area contributed by atoms with E-state index in [-0.39, 0.29) is 23.2 Å². The Hall–Kier alpha value is -1.78. The molecule has 0 aliphatic heterocycles. The van der Waals surface area contributed by atoms with Crippen LogP contribution >= 0.6 is 0 Å². The SMILES string of the molecule is Nc1c(C(=O)O)ccnc1OC1CCC1. The van der Waals surface area contributed by atoms with E-state index in [0.29, 0.717) is 0 Å². The highest BCUT2D eigenvalue weighted by molar-refractivity contribution is 5.94. The first-order chi connectivity index (χ1) is 7.18. The molecule has 1 aliphatic carbocycles. The number of nitrogens with two attached hydrogens (primary N) is 1. The molecule has 0 atom stereocenters. The number of aromatic carboxylic acids is 1. The van der Waals surface area contributed by atoms with Gasteiger partial charge in [0.25, 0.3) is 0 Å². The van der Waals surface area contributed by atoms with Crippen LogP contribution in [0.4, 0.5) is 5.69 Å². The fourth-order valence-corrected chi connectivity index (χ4v) is 1.38. The predicted octanol–water partition coefficient (Wildman–Crippen LogP) is 1.29. The van der Waals surface area contributed by atoms with Crippen molar-refractivity contribution in [2.45, 2.75) is 25.4 Å². The van der Waals surface area contributed by atoms with Crippen LogP contribution in [0.3, 0.4) is 0 Å². The summed E-state index contributed by atoms with van der Waals surface area (Å²) in [5, 5.41) is 8.83. The van der Waals surface area contributed by atoms with Crippen LogP contribution in [-0.4, -0.2) is 22.2 Å². The van der Waals surface area contributed by atoms with E-state index in [1.54, 1.807) is 0 Å². The van der Waals surface area contributed by atoms with Gasteiger partial charge in [-0.3, -0.25) is 0 Å². The fourth-order valence-electron chi connectivity index (χ4n) is 1.38. The van der Waals surface area contributed by atoms with Crippen LogP contribution in [0.2, 0.25) is 0 Å². The number of hydrogen-bond acceptors (Lipinski definition) is 4. The summed E-state index contributed by atoms with van der Waals surface area (Å²) in [5.41, 5.74) is 5.79. The Balaban J connectivity index is 2.22. The summed E-state index contributed by atoms with van der Waals surface area (Å²) in [5.74, 6) is -0.826. The minimum atomic E-state index is -1.06. The molecule has 0 radical (unpaired) electrons. The molecule has 1 aliphatic rings. The van der Waals surface area contributed by atoms with E-state index in [1.165, 1.54) is 12.3 Å². The highest BCUT2D eigenvalue weighted by Crippen LogP contribution is 2.28. The van der Waals surface area contributed by atoms with Crippen molar-refractivity contribution in [3.63, 3.8) is 0 Å². The van der Waals surface area contributed by atoms with Crippen molar-refractivity contribution in [3.8, 4) is 5.88 Å². The summed E-state index contributed by atoms with van der Waals surface area (Å²) >= 11 is 0. The minimum Gasteiger partial charge on any atom is -0.478 e. The van der Waals surface area contributed by atoms with Gasteiger partial charge in [-0.2, -0.15) is 0 Å². The molecular formula is C10H12N2O3. The zero-order chi connectivity index (χ0) is 10.8. The van der Waals surface area contributed by atoms with Gasteiger partial charge in [0.1, 0.15) is 11.8 Å². The first kappa shape index (κ1) is 9.76. The average Bonchev–Trinajstić information content (AvgIpc) is 2.13.